The average Bonchev–Trinajstić information content (AvgIpc) is 2.57. The van der Waals surface area contributed by atoms with Crippen LogP contribution in [-0.4, -0.2) is 30.2 Å². The summed E-state index contributed by atoms with van der Waals surface area (Å²) in [6.07, 6.45) is 0. The SMILES string of the molecule is Cc1cc(C)cc(C(NC(=O)c2cccc3c2OCCO3)C(=O)O)c1. The maximum Gasteiger partial charge on any atom is 0.330 e. The fraction of sp³-hybridized carbons (Fsp3) is 0.263. The Kier molecular flexibility index (Phi) is 4.61. The molecular formula is C19H19NO5. The van der Waals surface area contributed by atoms with Gasteiger partial charge in [0.1, 0.15) is 13.2 Å². The summed E-state index contributed by atoms with van der Waals surface area (Å²) in [5, 5.41) is 12.2. The van der Waals surface area contributed by atoms with Crippen molar-refractivity contribution in [2.45, 2.75) is 19.9 Å². The Morgan fingerprint density at radius 2 is 1.76 bits per heavy atom. The van der Waals surface area contributed by atoms with Crippen LogP contribution in [0.15, 0.2) is 36.4 Å². The second-order valence-corrected chi connectivity index (χ2v) is 6.00. The molecule has 1 atom stereocenters. The predicted octanol–water partition coefficient (Wildman–Crippen LogP) is 2.63. The molecule has 0 radical (unpaired) electrons. The fourth-order valence-corrected chi connectivity index (χ4v) is 2.93. The largest absolute Gasteiger partial charge is 0.486 e. The molecule has 1 amide bonds. The summed E-state index contributed by atoms with van der Waals surface area (Å²) in [7, 11) is 0. The highest BCUT2D eigenvalue weighted by Gasteiger charge is 2.26. The lowest BCUT2D eigenvalue weighted by atomic mass is 10.0. The van der Waals surface area contributed by atoms with Gasteiger partial charge < -0.3 is 19.9 Å². The van der Waals surface area contributed by atoms with Gasteiger partial charge in [0.05, 0.1) is 5.56 Å². The van der Waals surface area contributed by atoms with E-state index in [1.807, 2.05) is 19.9 Å². The first-order valence-electron chi connectivity index (χ1n) is 7.96. The number of carboxylic acid groups (broad SMARTS) is 1. The molecule has 1 aliphatic rings. The molecule has 1 unspecified atom stereocenters. The third-order valence-corrected chi connectivity index (χ3v) is 3.91. The molecule has 0 bridgehead atoms. The smallest absolute Gasteiger partial charge is 0.330 e. The lowest BCUT2D eigenvalue weighted by Crippen LogP contribution is -2.34. The summed E-state index contributed by atoms with van der Waals surface area (Å²) >= 11 is 0. The number of carboxylic acids is 1. The van der Waals surface area contributed by atoms with Crippen molar-refractivity contribution in [3.8, 4) is 11.5 Å². The summed E-state index contributed by atoms with van der Waals surface area (Å²) in [5.74, 6) is -0.817. The summed E-state index contributed by atoms with van der Waals surface area (Å²) in [5.41, 5.74) is 2.65. The number of fused-ring (bicyclic) bond motifs is 1. The zero-order chi connectivity index (χ0) is 18.0. The van der Waals surface area contributed by atoms with Crippen molar-refractivity contribution >= 4 is 11.9 Å². The lowest BCUT2D eigenvalue weighted by Gasteiger charge is -2.22. The van der Waals surface area contributed by atoms with Gasteiger partial charge in [0.15, 0.2) is 17.5 Å². The molecule has 6 nitrogen and oxygen atoms in total. The quantitative estimate of drug-likeness (QED) is 0.893. The Bertz CT molecular complexity index is 810. The van der Waals surface area contributed by atoms with Crippen molar-refractivity contribution in [2.24, 2.45) is 0 Å². The number of carbonyl (C=O) groups is 2. The van der Waals surface area contributed by atoms with Crippen LogP contribution in [0, 0.1) is 13.8 Å². The van der Waals surface area contributed by atoms with Gasteiger partial charge >= 0.3 is 5.97 Å². The number of carbonyl (C=O) groups excluding carboxylic acids is 1. The molecule has 0 saturated heterocycles. The fourth-order valence-electron chi connectivity index (χ4n) is 2.93. The van der Waals surface area contributed by atoms with E-state index in [1.54, 1.807) is 30.3 Å². The second-order valence-electron chi connectivity index (χ2n) is 6.00. The van der Waals surface area contributed by atoms with E-state index >= 15 is 0 Å². The van der Waals surface area contributed by atoms with E-state index in [0.717, 1.165) is 11.1 Å². The highest BCUT2D eigenvalue weighted by atomic mass is 16.6. The van der Waals surface area contributed by atoms with Crippen molar-refractivity contribution < 1.29 is 24.2 Å². The molecule has 1 aliphatic heterocycles. The molecule has 0 aromatic heterocycles. The maximum absolute atomic E-state index is 12.7. The van der Waals surface area contributed by atoms with Crippen molar-refractivity contribution in [1.82, 2.24) is 5.32 Å². The number of ether oxygens (including phenoxy) is 2. The third-order valence-electron chi connectivity index (χ3n) is 3.91. The van der Waals surface area contributed by atoms with Crippen LogP contribution in [0.3, 0.4) is 0 Å². The molecule has 2 aromatic carbocycles. The number of amides is 1. The van der Waals surface area contributed by atoms with Gasteiger partial charge in [0.25, 0.3) is 5.91 Å². The highest BCUT2D eigenvalue weighted by molar-refractivity contribution is 6.00. The van der Waals surface area contributed by atoms with Crippen LogP contribution in [-0.2, 0) is 4.79 Å². The predicted molar refractivity (Wildman–Crippen MR) is 91.2 cm³/mol. The van der Waals surface area contributed by atoms with Crippen molar-refractivity contribution in [3.63, 3.8) is 0 Å². The molecule has 3 rings (SSSR count). The minimum absolute atomic E-state index is 0.257. The van der Waals surface area contributed by atoms with Gasteiger partial charge in [-0.1, -0.05) is 35.4 Å². The zero-order valence-corrected chi connectivity index (χ0v) is 14.0. The van der Waals surface area contributed by atoms with Gasteiger partial charge in [-0.3, -0.25) is 4.79 Å². The van der Waals surface area contributed by atoms with Gasteiger partial charge in [0, 0.05) is 0 Å². The normalized spacial score (nSPS) is 13.8. The zero-order valence-electron chi connectivity index (χ0n) is 14.0. The molecular weight excluding hydrogens is 322 g/mol. The number of hydrogen-bond donors (Lipinski definition) is 2. The third kappa shape index (κ3) is 3.57. The topological polar surface area (TPSA) is 84.9 Å². The lowest BCUT2D eigenvalue weighted by molar-refractivity contribution is -0.139. The monoisotopic (exact) mass is 341 g/mol. The van der Waals surface area contributed by atoms with Crippen molar-refractivity contribution in [1.29, 1.82) is 0 Å². The van der Waals surface area contributed by atoms with Crippen molar-refractivity contribution in [3.05, 3.63) is 58.7 Å². The van der Waals surface area contributed by atoms with Gasteiger partial charge in [-0.25, -0.2) is 4.79 Å². The van der Waals surface area contributed by atoms with E-state index in [2.05, 4.69) is 5.32 Å². The van der Waals surface area contributed by atoms with Crippen LogP contribution in [0.2, 0.25) is 0 Å². The van der Waals surface area contributed by atoms with Crippen LogP contribution in [0.5, 0.6) is 11.5 Å². The van der Waals surface area contributed by atoms with E-state index in [9.17, 15) is 14.7 Å². The van der Waals surface area contributed by atoms with E-state index in [4.69, 9.17) is 9.47 Å². The first-order chi connectivity index (χ1) is 12.0. The molecule has 2 N–H and O–H groups in total. The number of hydrogen-bond acceptors (Lipinski definition) is 4. The minimum atomic E-state index is -1.15. The van der Waals surface area contributed by atoms with Gasteiger partial charge in [0.2, 0.25) is 0 Å². The molecule has 0 fully saturated rings. The number of nitrogens with one attached hydrogen (secondary N) is 1. The van der Waals surface area contributed by atoms with Gasteiger partial charge in [-0.05, 0) is 31.5 Å². The molecule has 6 heteroatoms. The van der Waals surface area contributed by atoms with E-state index in [-0.39, 0.29) is 5.56 Å². The Morgan fingerprint density at radius 1 is 1.08 bits per heavy atom. The Labute approximate surface area is 145 Å². The number of benzene rings is 2. The molecule has 25 heavy (non-hydrogen) atoms. The summed E-state index contributed by atoms with van der Waals surface area (Å²) in [4.78, 5) is 24.4. The maximum atomic E-state index is 12.7. The first-order valence-corrected chi connectivity index (χ1v) is 7.96. The van der Waals surface area contributed by atoms with Crippen LogP contribution < -0.4 is 14.8 Å². The Morgan fingerprint density at radius 3 is 2.44 bits per heavy atom. The van der Waals surface area contributed by atoms with E-state index in [1.165, 1.54) is 0 Å². The molecule has 2 aromatic rings. The molecule has 0 saturated carbocycles. The number of para-hydroxylation sites is 1. The molecule has 0 aliphatic carbocycles. The standard InChI is InChI=1S/C19H19NO5/c1-11-8-12(2)10-13(9-11)16(19(22)23)20-18(21)14-4-3-5-15-17(14)25-7-6-24-15/h3-5,8-10,16H,6-7H2,1-2H3,(H,20,21)(H,22,23). The highest BCUT2D eigenvalue weighted by Crippen LogP contribution is 2.33. The molecule has 1 heterocycles. The Balaban J connectivity index is 1.91. The summed E-state index contributed by atoms with van der Waals surface area (Å²) in [6.45, 7) is 4.53. The summed E-state index contributed by atoms with van der Waals surface area (Å²) in [6, 6.07) is 9.29. The van der Waals surface area contributed by atoms with E-state index in [0.29, 0.717) is 30.3 Å². The van der Waals surface area contributed by atoms with Crippen LogP contribution in [0.25, 0.3) is 0 Å². The first kappa shape index (κ1) is 16.8. The van der Waals surface area contributed by atoms with Crippen molar-refractivity contribution in [2.75, 3.05) is 13.2 Å². The van der Waals surface area contributed by atoms with E-state index < -0.39 is 17.9 Å². The van der Waals surface area contributed by atoms with Crippen LogP contribution in [0.4, 0.5) is 0 Å². The van der Waals surface area contributed by atoms with Gasteiger partial charge in [-0.15, -0.1) is 0 Å². The van der Waals surface area contributed by atoms with Crippen LogP contribution >= 0.6 is 0 Å². The minimum Gasteiger partial charge on any atom is -0.486 e. The summed E-state index contributed by atoms with van der Waals surface area (Å²) < 4.78 is 11.0. The van der Waals surface area contributed by atoms with Crippen LogP contribution in [0.1, 0.15) is 33.1 Å². The second kappa shape index (κ2) is 6.84. The number of rotatable bonds is 4. The average molecular weight is 341 g/mol. The van der Waals surface area contributed by atoms with Gasteiger partial charge in [-0.2, -0.15) is 0 Å². The number of aryl methyl sites for hydroxylation is 2. The molecule has 0 spiro atoms. The number of aliphatic carboxylic acids is 1. The Hall–Kier alpha value is -3.02. The molecule has 130 valence electrons.